The number of ether oxygens (including phenoxy) is 1. The molecule has 2 aromatic rings. The Kier molecular flexibility index (Phi) is 10.2. The van der Waals surface area contributed by atoms with Crippen LogP contribution < -0.4 is 5.32 Å². The van der Waals surface area contributed by atoms with E-state index in [1.54, 1.807) is 6.07 Å². The lowest BCUT2D eigenvalue weighted by Gasteiger charge is -2.26. The van der Waals surface area contributed by atoms with Crippen molar-refractivity contribution in [3.63, 3.8) is 0 Å². The molecule has 1 aliphatic rings. The lowest BCUT2D eigenvalue weighted by atomic mass is 10.2. The highest BCUT2D eigenvalue weighted by Crippen LogP contribution is 2.28. The number of hydrogen-bond acceptors (Lipinski definition) is 4. The number of nitrogens with zero attached hydrogens (tertiary/aromatic N) is 1. The summed E-state index contributed by atoms with van der Waals surface area (Å²) in [6.07, 6.45) is 0. The fourth-order valence-electron chi connectivity index (χ4n) is 2.60. The lowest BCUT2D eigenvalue weighted by Crippen LogP contribution is -2.40. The molecule has 1 aromatic heterocycles. The molecule has 1 N–H and O–H groups in total. The summed E-state index contributed by atoms with van der Waals surface area (Å²) in [7, 11) is 0. The van der Waals surface area contributed by atoms with Crippen LogP contribution in [0.15, 0.2) is 34.7 Å². The van der Waals surface area contributed by atoms with E-state index in [1.807, 2.05) is 24.3 Å². The topological polar surface area (TPSA) is 37.6 Å². The molecule has 4 nitrogen and oxygen atoms in total. The predicted molar refractivity (Wildman–Crippen MR) is 108 cm³/mol. The molecule has 1 fully saturated rings. The average molecular weight is 428 g/mol. The summed E-state index contributed by atoms with van der Waals surface area (Å²) in [5, 5.41) is 4.62. The van der Waals surface area contributed by atoms with Gasteiger partial charge in [-0.25, -0.2) is 0 Å². The minimum atomic E-state index is 0. The van der Waals surface area contributed by atoms with Crippen LogP contribution >= 0.6 is 48.0 Å². The van der Waals surface area contributed by atoms with Crippen LogP contribution in [0, 0.1) is 0 Å². The van der Waals surface area contributed by atoms with Crippen molar-refractivity contribution in [1.29, 1.82) is 0 Å². The van der Waals surface area contributed by atoms with Gasteiger partial charge in [-0.2, -0.15) is 0 Å². The molecule has 3 rings (SSSR count). The van der Waals surface area contributed by atoms with Crippen LogP contribution in [0.5, 0.6) is 0 Å². The second kappa shape index (κ2) is 11.3. The number of halogens is 4. The molecule has 0 atom stereocenters. The molecule has 25 heavy (non-hydrogen) atoms. The van der Waals surface area contributed by atoms with Gasteiger partial charge in [0.2, 0.25) is 0 Å². The maximum absolute atomic E-state index is 6.03. The molecule has 0 aliphatic carbocycles. The van der Waals surface area contributed by atoms with E-state index in [1.165, 1.54) is 0 Å². The van der Waals surface area contributed by atoms with E-state index in [0.29, 0.717) is 16.6 Å². The van der Waals surface area contributed by atoms with Crippen molar-refractivity contribution in [3.8, 4) is 11.3 Å². The van der Waals surface area contributed by atoms with Crippen LogP contribution in [0.2, 0.25) is 10.0 Å². The van der Waals surface area contributed by atoms with Crippen LogP contribution in [-0.4, -0.2) is 44.3 Å². The lowest BCUT2D eigenvalue weighted by molar-refractivity contribution is 0.0383. The van der Waals surface area contributed by atoms with Gasteiger partial charge in [0.05, 0.1) is 19.8 Å². The number of morpholine rings is 1. The van der Waals surface area contributed by atoms with E-state index in [9.17, 15) is 0 Å². The summed E-state index contributed by atoms with van der Waals surface area (Å²) in [6.45, 7) is 6.37. The van der Waals surface area contributed by atoms with E-state index < -0.39 is 0 Å². The van der Waals surface area contributed by atoms with Gasteiger partial charge in [0.1, 0.15) is 11.5 Å². The summed E-state index contributed by atoms with van der Waals surface area (Å²) in [5.41, 5.74) is 0.891. The molecule has 0 spiro atoms. The molecule has 1 saturated heterocycles. The smallest absolute Gasteiger partial charge is 0.134 e. The summed E-state index contributed by atoms with van der Waals surface area (Å²) in [6, 6.07) is 9.33. The predicted octanol–water partition coefficient (Wildman–Crippen LogP) is 4.52. The fourth-order valence-corrected chi connectivity index (χ4v) is 3.12. The highest BCUT2D eigenvalue weighted by Gasteiger charge is 2.10. The Morgan fingerprint density at radius 1 is 1.00 bits per heavy atom. The first-order valence-electron chi connectivity index (χ1n) is 7.77. The van der Waals surface area contributed by atoms with Gasteiger partial charge in [0.25, 0.3) is 0 Å². The van der Waals surface area contributed by atoms with Crippen LogP contribution in [0.25, 0.3) is 11.3 Å². The van der Waals surface area contributed by atoms with Gasteiger partial charge in [0.15, 0.2) is 0 Å². The molecule has 1 aliphatic heterocycles. The van der Waals surface area contributed by atoms with Crippen molar-refractivity contribution in [2.45, 2.75) is 6.54 Å². The third-order valence-corrected chi connectivity index (χ3v) is 4.25. The van der Waals surface area contributed by atoms with Crippen LogP contribution in [0.4, 0.5) is 0 Å². The van der Waals surface area contributed by atoms with Crippen LogP contribution in [-0.2, 0) is 11.3 Å². The molecule has 0 radical (unpaired) electrons. The first-order valence-corrected chi connectivity index (χ1v) is 8.52. The standard InChI is InChI=1S/C17H20Cl2N2O2.2ClH/c18-14-9-13(10-15(19)11-14)17-2-1-16(23-17)12-20-3-4-21-5-7-22-8-6-21;;/h1-2,9-11,20H,3-8,12H2;2*1H. The Labute approximate surface area is 170 Å². The summed E-state index contributed by atoms with van der Waals surface area (Å²) >= 11 is 12.1. The zero-order valence-corrected chi connectivity index (χ0v) is 16.8. The van der Waals surface area contributed by atoms with Gasteiger partial charge in [0, 0.05) is 41.8 Å². The van der Waals surface area contributed by atoms with E-state index >= 15 is 0 Å². The summed E-state index contributed by atoms with van der Waals surface area (Å²) < 4.78 is 11.2. The van der Waals surface area contributed by atoms with Crippen molar-refractivity contribution < 1.29 is 9.15 Å². The van der Waals surface area contributed by atoms with Gasteiger partial charge in [-0.3, -0.25) is 4.90 Å². The molecule has 1 aromatic carbocycles. The van der Waals surface area contributed by atoms with Crippen molar-refractivity contribution in [2.24, 2.45) is 0 Å². The molecular weight excluding hydrogens is 406 g/mol. The summed E-state index contributed by atoms with van der Waals surface area (Å²) in [5.74, 6) is 1.68. The molecule has 0 unspecified atom stereocenters. The van der Waals surface area contributed by atoms with E-state index in [4.69, 9.17) is 32.4 Å². The SMILES string of the molecule is Cl.Cl.Clc1cc(Cl)cc(-c2ccc(CNCCN3CCOCC3)o2)c1. The highest BCUT2D eigenvalue weighted by atomic mass is 35.5. The van der Waals surface area contributed by atoms with Gasteiger partial charge in [-0.1, -0.05) is 23.2 Å². The Morgan fingerprint density at radius 2 is 1.68 bits per heavy atom. The highest BCUT2D eigenvalue weighted by molar-refractivity contribution is 6.35. The largest absolute Gasteiger partial charge is 0.460 e. The second-order valence-electron chi connectivity index (χ2n) is 5.55. The molecule has 0 saturated carbocycles. The third-order valence-electron chi connectivity index (χ3n) is 3.82. The fraction of sp³-hybridized carbons (Fsp3) is 0.412. The molecular formula is C17H22Cl4N2O2. The van der Waals surface area contributed by atoms with Crippen molar-refractivity contribution in [3.05, 3.63) is 46.1 Å². The van der Waals surface area contributed by atoms with E-state index in [0.717, 1.165) is 56.5 Å². The zero-order valence-electron chi connectivity index (χ0n) is 13.7. The number of furan rings is 1. The van der Waals surface area contributed by atoms with Gasteiger partial charge in [-0.15, -0.1) is 24.8 Å². The number of hydrogen-bond donors (Lipinski definition) is 1. The van der Waals surface area contributed by atoms with Gasteiger partial charge >= 0.3 is 0 Å². The number of nitrogens with one attached hydrogen (secondary N) is 1. The first-order chi connectivity index (χ1) is 11.2. The minimum absolute atomic E-state index is 0. The third kappa shape index (κ3) is 6.99. The molecule has 140 valence electrons. The monoisotopic (exact) mass is 426 g/mol. The van der Waals surface area contributed by atoms with Gasteiger partial charge in [-0.05, 0) is 30.3 Å². The number of rotatable bonds is 6. The summed E-state index contributed by atoms with van der Waals surface area (Å²) in [4.78, 5) is 2.40. The van der Waals surface area contributed by atoms with Crippen LogP contribution in [0.3, 0.4) is 0 Å². The Hall–Kier alpha value is -0.460. The molecule has 2 heterocycles. The maximum atomic E-state index is 6.03. The zero-order chi connectivity index (χ0) is 16.1. The second-order valence-corrected chi connectivity index (χ2v) is 6.43. The maximum Gasteiger partial charge on any atom is 0.134 e. The Bertz CT molecular complexity index is 625. The first kappa shape index (κ1) is 22.6. The van der Waals surface area contributed by atoms with Crippen molar-refractivity contribution in [1.82, 2.24) is 10.2 Å². The number of benzene rings is 1. The minimum Gasteiger partial charge on any atom is -0.460 e. The van der Waals surface area contributed by atoms with E-state index in [2.05, 4.69) is 10.2 Å². The molecule has 0 amide bonds. The quantitative estimate of drug-likeness (QED) is 0.687. The van der Waals surface area contributed by atoms with Gasteiger partial charge < -0.3 is 14.5 Å². The van der Waals surface area contributed by atoms with Crippen LogP contribution in [0.1, 0.15) is 5.76 Å². The van der Waals surface area contributed by atoms with E-state index in [-0.39, 0.29) is 24.8 Å². The van der Waals surface area contributed by atoms with Crippen molar-refractivity contribution >= 4 is 48.0 Å². The normalized spacial score (nSPS) is 14.6. The average Bonchev–Trinajstić information content (AvgIpc) is 3.01. The van der Waals surface area contributed by atoms with Crippen molar-refractivity contribution in [2.75, 3.05) is 39.4 Å². The Balaban J connectivity index is 0.00000156. The molecule has 8 heteroatoms. The molecule has 0 bridgehead atoms. The Morgan fingerprint density at radius 3 is 2.36 bits per heavy atom.